The second-order valence-corrected chi connectivity index (χ2v) is 12.4. The molecule has 0 unspecified atom stereocenters. The molecule has 0 spiro atoms. The van der Waals surface area contributed by atoms with Gasteiger partial charge in [-0.05, 0) is 78.6 Å². The number of hydrogen-bond donors (Lipinski definition) is 2. The van der Waals surface area contributed by atoms with E-state index in [0.29, 0.717) is 31.4 Å². The second-order valence-electron chi connectivity index (χ2n) is 12.4. The van der Waals surface area contributed by atoms with Gasteiger partial charge in [-0.25, -0.2) is 0 Å². The molecule has 1 atom stereocenters. The van der Waals surface area contributed by atoms with Gasteiger partial charge in [0.25, 0.3) is 5.91 Å². The fourth-order valence-corrected chi connectivity index (χ4v) is 6.46. The Morgan fingerprint density at radius 2 is 1.56 bits per heavy atom. The van der Waals surface area contributed by atoms with Gasteiger partial charge in [0.15, 0.2) is 5.78 Å². The number of carbonyl (C=O) groups excluding carboxylic acids is 3. The van der Waals surface area contributed by atoms with Crippen LogP contribution in [0.3, 0.4) is 0 Å². The molecule has 2 aliphatic rings. The van der Waals surface area contributed by atoms with E-state index in [9.17, 15) is 14.4 Å². The Balaban J connectivity index is 1.31. The molecule has 6 heteroatoms. The summed E-state index contributed by atoms with van der Waals surface area (Å²) in [5.74, 6) is -0.198. The van der Waals surface area contributed by atoms with Crippen LogP contribution in [0.1, 0.15) is 80.3 Å². The average molecular weight is 554 g/mol. The number of rotatable bonds is 9. The SMILES string of the molecule is CC(C)C[C@H](NC(=O)C1(NC(=O)c2ccc3ccccc3c2)CCCCC1)C(=O)CN1CCCc2ccccc2C1. The zero-order valence-corrected chi connectivity index (χ0v) is 24.5. The Morgan fingerprint density at radius 3 is 2.32 bits per heavy atom. The number of fused-ring (bicyclic) bond motifs is 2. The van der Waals surface area contributed by atoms with Crippen LogP contribution in [-0.4, -0.2) is 47.2 Å². The Bertz CT molecular complexity index is 1390. The molecule has 41 heavy (non-hydrogen) atoms. The first kappa shape index (κ1) is 29.0. The predicted octanol–water partition coefficient (Wildman–Crippen LogP) is 5.82. The summed E-state index contributed by atoms with van der Waals surface area (Å²) < 4.78 is 0. The number of nitrogens with one attached hydrogen (secondary N) is 2. The first-order valence-electron chi connectivity index (χ1n) is 15.3. The van der Waals surface area contributed by atoms with Gasteiger partial charge in [0.1, 0.15) is 5.54 Å². The number of hydrogen-bond acceptors (Lipinski definition) is 4. The van der Waals surface area contributed by atoms with Gasteiger partial charge < -0.3 is 10.6 Å². The molecule has 0 radical (unpaired) electrons. The predicted molar refractivity (Wildman–Crippen MR) is 164 cm³/mol. The molecule has 1 saturated carbocycles. The highest BCUT2D eigenvalue weighted by Crippen LogP contribution is 2.30. The molecule has 1 aliphatic carbocycles. The molecule has 1 fully saturated rings. The van der Waals surface area contributed by atoms with Gasteiger partial charge in [-0.2, -0.15) is 0 Å². The molecule has 1 heterocycles. The van der Waals surface area contributed by atoms with Crippen molar-refractivity contribution in [3.05, 3.63) is 83.4 Å². The largest absolute Gasteiger partial charge is 0.344 e. The van der Waals surface area contributed by atoms with E-state index in [2.05, 4.69) is 53.6 Å². The fourth-order valence-electron chi connectivity index (χ4n) is 6.46. The summed E-state index contributed by atoms with van der Waals surface area (Å²) in [5, 5.41) is 8.33. The lowest BCUT2D eigenvalue weighted by atomic mass is 9.80. The van der Waals surface area contributed by atoms with Gasteiger partial charge in [-0.15, -0.1) is 0 Å². The van der Waals surface area contributed by atoms with Crippen molar-refractivity contribution < 1.29 is 14.4 Å². The Hall–Kier alpha value is -3.51. The third-order valence-electron chi connectivity index (χ3n) is 8.72. The maximum atomic E-state index is 14.0. The Morgan fingerprint density at radius 1 is 0.854 bits per heavy atom. The van der Waals surface area contributed by atoms with E-state index in [-0.39, 0.29) is 23.5 Å². The minimum Gasteiger partial charge on any atom is -0.344 e. The van der Waals surface area contributed by atoms with Crippen LogP contribution in [0, 0.1) is 5.92 Å². The van der Waals surface area contributed by atoms with Gasteiger partial charge in [0.05, 0.1) is 12.6 Å². The van der Waals surface area contributed by atoms with E-state index < -0.39 is 11.6 Å². The molecule has 1 aliphatic heterocycles. The van der Waals surface area contributed by atoms with E-state index in [0.717, 1.165) is 56.0 Å². The van der Waals surface area contributed by atoms with Gasteiger partial charge in [-0.3, -0.25) is 19.3 Å². The normalized spacial score (nSPS) is 17.8. The zero-order chi connectivity index (χ0) is 28.8. The zero-order valence-electron chi connectivity index (χ0n) is 24.5. The lowest BCUT2D eigenvalue weighted by Gasteiger charge is -2.38. The van der Waals surface area contributed by atoms with Crippen molar-refractivity contribution in [2.45, 2.75) is 83.3 Å². The summed E-state index contributed by atoms with van der Waals surface area (Å²) in [7, 11) is 0. The molecule has 216 valence electrons. The smallest absolute Gasteiger partial charge is 0.252 e. The molecule has 5 rings (SSSR count). The van der Waals surface area contributed by atoms with Gasteiger partial charge in [-0.1, -0.05) is 87.7 Å². The van der Waals surface area contributed by atoms with Gasteiger partial charge in [0, 0.05) is 12.1 Å². The van der Waals surface area contributed by atoms with Crippen LogP contribution >= 0.6 is 0 Å². The molecule has 6 nitrogen and oxygen atoms in total. The van der Waals surface area contributed by atoms with Crippen LogP contribution < -0.4 is 10.6 Å². The monoisotopic (exact) mass is 553 g/mol. The number of ketones is 1. The van der Waals surface area contributed by atoms with Crippen LogP contribution in [0.4, 0.5) is 0 Å². The highest BCUT2D eigenvalue weighted by atomic mass is 16.2. The maximum absolute atomic E-state index is 14.0. The summed E-state index contributed by atoms with van der Waals surface area (Å²) in [6.45, 7) is 6.06. The topological polar surface area (TPSA) is 78.5 Å². The first-order chi connectivity index (χ1) is 19.8. The van der Waals surface area contributed by atoms with E-state index in [1.54, 1.807) is 0 Å². The van der Waals surface area contributed by atoms with E-state index in [1.807, 2.05) is 42.5 Å². The summed E-state index contributed by atoms with van der Waals surface area (Å²) in [6.07, 6.45) is 6.51. The third kappa shape index (κ3) is 7.05. The molecule has 3 aromatic rings. The average Bonchev–Trinajstić information content (AvgIpc) is 3.18. The summed E-state index contributed by atoms with van der Waals surface area (Å²) in [5.41, 5.74) is 2.16. The first-order valence-corrected chi connectivity index (χ1v) is 15.3. The highest BCUT2D eigenvalue weighted by Gasteiger charge is 2.42. The highest BCUT2D eigenvalue weighted by molar-refractivity contribution is 6.02. The number of benzene rings is 3. The number of nitrogens with zero attached hydrogens (tertiary/aromatic N) is 1. The van der Waals surface area contributed by atoms with Crippen LogP contribution in [0.15, 0.2) is 66.7 Å². The van der Waals surface area contributed by atoms with Crippen LogP contribution in [0.2, 0.25) is 0 Å². The molecule has 2 amide bonds. The lowest BCUT2D eigenvalue weighted by molar-refractivity contribution is -0.133. The minimum atomic E-state index is -1.02. The molecule has 0 saturated heterocycles. The van der Waals surface area contributed by atoms with Crippen molar-refractivity contribution in [1.29, 1.82) is 0 Å². The molecular weight excluding hydrogens is 510 g/mol. The quantitative estimate of drug-likeness (QED) is 0.350. The van der Waals surface area contributed by atoms with Crippen molar-refractivity contribution in [2.24, 2.45) is 5.92 Å². The molecule has 3 aromatic carbocycles. The van der Waals surface area contributed by atoms with Crippen molar-refractivity contribution in [3.8, 4) is 0 Å². The van der Waals surface area contributed by atoms with Crippen LogP contribution in [0.25, 0.3) is 10.8 Å². The van der Waals surface area contributed by atoms with Crippen molar-refractivity contribution in [3.63, 3.8) is 0 Å². The van der Waals surface area contributed by atoms with E-state index in [1.165, 1.54) is 11.1 Å². The Kier molecular flexibility index (Phi) is 9.19. The number of Topliss-reactive ketones (excluding diaryl/α,β-unsaturated/α-hetero) is 1. The number of aryl methyl sites for hydroxylation is 1. The second kappa shape index (κ2) is 13.0. The fraction of sp³-hybridized carbons (Fsp3) is 0.457. The van der Waals surface area contributed by atoms with Crippen molar-refractivity contribution in [1.82, 2.24) is 15.5 Å². The summed E-state index contributed by atoms with van der Waals surface area (Å²) >= 11 is 0. The molecule has 2 N–H and O–H groups in total. The third-order valence-corrected chi connectivity index (χ3v) is 8.72. The van der Waals surface area contributed by atoms with Crippen molar-refractivity contribution in [2.75, 3.05) is 13.1 Å². The maximum Gasteiger partial charge on any atom is 0.252 e. The van der Waals surface area contributed by atoms with Gasteiger partial charge in [0.2, 0.25) is 5.91 Å². The van der Waals surface area contributed by atoms with E-state index >= 15 is 0 Å². The van der Waals surface area contributed by atoms with Crippen LogP contribution in [0.5, 0.6) is 0 Å². The summed E-state index contributed by atoms with van der Waals surface area (Å²) in [4.78, 5) is 43.4. The Labute approximate surface area is 243 Å². The summed E-state index contributed by atoms with van der Waals surface area (Å²) in [6, 6.07) is 21.4. The molecule has 0 bridgehead atoms. The van der Waals surface area contributed by atoms with Gasteiger partial charge >= 0.3 is 0 Å². The molecule has 0 aromatic heterocycles. The van der Waals surface area contributed by atoms with Crippen molar-refractivity contribution >= 4 is 28.4 Å². The minimum absolute atomic E-state index is 0.0400. The lowest BCUT2D eigenvalue weighted by Crippen LogP contribution is -2.62. The van der Waals surface area contributed by atoms with E-state index in [4.69, 9.17) is 0 Å². The number of carbonyl (C=O) groups is 3. The molecular formula is C35H43N3O3. The standard InChI is InChI=1S/C35H43N3O3/c1-25(2)21-31(32(39)24-38-20-10-15-26-11-5-7-14-30(26)23-38)36-34(41)35(18-8-3-9-19-35)37-33(40)29-17-16-27-12-4-6-13-28(27)22-29/h4-7,11-14,16-17,22,25,31H,3,8-10,15,18-21,23-24H2,1-2H3,(H,36,41)(H,37,40)/t31-/m0/s1. The number of amides is 2. The van der Waals surface area contributed by atoms with Crippen LogP contribution in [-0.2, 0) is 22.6 Å².